The molecule has 0 aliphatic carbocycles. The Morgan fingerprint density at radius 3 is 2.40 bits per heavy atom. The van der Waals surface area contributed by atoms with Gasteiger partial charge in [0.1, 0.15) is 0 Å². The Morgan fingerprint density at radius 1 is 1.47 bits per heavy atom. The summed E-state index contributed by atoms with van der Waals surface area (Å²) in [6, 6.07) is 0. The average molecular weight is 212 g/mol. The lowest BCUT2D eigenvalue weighted by molar-refractivity contribution is -0.137. The van der Waals surface area contributed by atoms with E-state index in [-0.39, 0.29) is 12.4 Å². The largest absolute Gasteiger partial charge is 0.381 e. The summed E-state index contributed by atoms with van der Waals surface area (Å²) in [6.45, 7) is 7.80. The molecule has 3 heteroatoms. The first-order valence-electron chi connectivity index (χ1n) is 4.98. The zero-order valence-electron chi connectivity index (χ0n) is 10.0. The minimum atomic E-state index is -1.03. The van der Waals surface area contributed by atoms with Gasteiger partial charge in [-0.3, -0.25) is 4.79 Å². The van der Waals surface area contributed by atoms with Gasteiger partial charge in [0.2, 0.25) is 0 Å². The third kappa shape index (κ3) is 3.01. The van der Waals surface area contributed by atoms with Crippen LogP contribution in [0.4, 0.5) is 0 Å². The van der Waals surface area contributed by atoms with Crippen molar-refractivity contribution >= 4 is 5.78 Å². The predicted octanol–water partition coefficient (Wildman–Crippen LogP) is 2.13. The van der Waals surface area contributed by atoms with Gasteiger partial charge in [-0.25, -0.2) is 0 Å². The highest BCUT2D eigenvalue weighted by Gasteiger charge is 2.38. The summed E-state index contributed by atoms with van der Waals surface area (Å²) in [4.78, 5) is 11.9. The lowest BCUT2D eigenvalue weighted by Crippen LogP contribution is -2.45. The summed E-state index contributed by atoms with van der Waals surface area (Å²) in [6.07, 6.45) is 3.86. The number of rotatable bonds is 7. The summed E-state index contributed by atoms with van der Waals surface area (Å²) in [5.41, 5.74) is -0.300. The molecular formula is C12H20O3. The molecule has 0 N–H and O–H groups in total. The van der Waals surface area contributed by atoms with Crippen molar-refractivity contribution < 1.29 is 14.3 Å². The first kappa shape index (κ1) is 14.1. The maximum Gasteiger partial charge on any atom is 0.193 e. The smallest absolute Gasteiger partial charge is 0.193 e. The molecule has 0 heterocycles. The van der Waals surface area contributed by atoms with Crippen LogP contribution in [0.25, 0.3) is 0 Å². The second-order valence-electron chi connectivity index (χ2n) is 3.29. The summed E-state index contributed by atoms with van der Waals surface area (Å²) in [5.74, 6) is -0.124. The van der Waals surface area contributed by atoms with Crippen molar-refractivity contribution in [1.82, 2.24) is 0 Å². The van der Waals surface area contributed by atoms with Crippen LogP contribution >= 0.6 is 0 Å². The van der Waals surface area contributed by atoms with E-state index in [4.69, 9.17) is 9.47 Å². The first-order valence-corrected chi connectivity index (χ1v) is 4.98. The Hall–Kier alpha value is -0.930. The molecule has 0 aromatic heterocycles. The van der Waals surface area contributed by atoms with Crippen LogP contribution in [0, 0.1) is 0 Å². The van der Waals surface area contributed by atoms with Gasteiger partial charge in [-0.1, -0.05) is 19.6 Å². The van der Waals surface area contributed by atoms with Crippen LogP contribution in [0.2, 0.25) is 0 Å². The molecule has 0 aromatic carbocycles. The van der Waals surface area contributed by atoms with Crippen molar-refractivity contribution in [2.45, 2.75) is 25.9 Å². The molecule has 0 radical (unpaired) electrons. The van der Waals surface area contributed by atoms with E-state index >= 15 is 0 Å². The lowest BCUT2D eigenvalue weighted by Gasteiger charge is -2.30. The number of carbonyl (C=O) groups is 1. The van der Waals surface area contributed by atoms with Crippen LogP contribution in [-0.2, 0) is 14.3 Å². The second kappa shape index (κ2) is 6.53. The van der Waals surface area contributed by atoms with Crippen molar-refractivity contribution in [3.05, 3.63) is 24.3 Å². The highest BCUT2D eigenvalue weighted by molar-refractivity contribution is 5.99. The SMILES string of the molecule is C=C(CC)C(COC)(OC)C(=O)/C=C/C. The van der Waals surface area contributed by atoms with Crippen molar-refractivity contribution in [2.75, 3.05) is 20.8 Å². The summed E-state index contributed by atoms with van der Waals surface area (Å²) < 4.78 is 10.4. The topological polar surface area (TPSA) is 35.5 Å². The van der Waals surface area contributed by atoms with Gasteiger partial charge in [0.05, 0.1) is 6.61 Å². The number of hydrogen-bond donors (Lipinski definition) is 0. The molecule has 0 aliphatic heterocycles. The first-order chi connectivity index (χ1) is 7.08. The lowest BCUT2D eigenvalue weighted by atomic mass is 9.88. The number of methoxy groups -OCH3 is 2. The van der Waals surface area contributed by atoms with Gasteiger partial charge in [-0.2, -0.15) is 0 Å². The van der Waals surface area contributed by atoms with Gasteiger partial charge in [0, 0.05) is 14.2 Å². The molecule has 1 atom stereocenters. The van der Waals surface area contributed by atoms with Crippen molar-refractivity contribution in [2.24, 2.45) is 0 Å². The molecule has 1 unspecified atom stereocenters. The number of carbonyl (C=O) groups excluding carboxylic acids is 1. The molecular weight excluding hydrogens is 192 g/mol. The summed E-state index contributed by atoms with van der Waals surface area (Å²) in [7, 11) is 3.04. The zero-order chi connectivity index (χ0) is 11.9. The second-order valence-corrected chi connectivity index (χ2v) is 3.29. The van der Waals surface area contributed by atoms with Gasteiger partial charge in [-0.15, -0.1) is 0 Å². The highest BCUT2D eigenvalue weighted by Crippen LogP contribution is 2.24. The van der Waals surface area contributed by atoms with Gasteiger partial charge >= 0.3 is 0 Å². The Bertz CT molecular complexity index is 256. The number of allylic oxidation sites excluding steroid dienone is 1. The van der Waals surface area contributed by atoms with Crippen LogP contribution < -0.4 is 0 Å². The van der Waals surface area contributed by atoms with E-state index in [1.807, 2.05) is 6.92 Å². The fourth-order valence-electron chi connectivity index (χ4n) is 1.43. The van der Waals surface area contributed by atoms with Crippen LogP contribution in [0.1, 0.15) is 20.3 Å². The fraction of sp³-hybridized carbons (Fsp3) is 0.583. The van der Waals surface area contributed by atoms with Crippen molar-refractivity contribution in [1.29, 1.82) is 0 Å². The quantitative estimate of drug-likeness (QED) is 0.479. The number of ether oxygens (including phenoxy) is 2. The third-order valence-electron chi connectivity index (χ3n) is 2.41. The average Bonchev–Trinajstić information content (AvgIpc) is 2.25. The monoisotopic (exact) mass is 212 g/mol. The van der Waals surface area contributed by atoms with Gasteiger partial charge in [-0.05, 0) is 25.0 Å². The van der Waals surface area contributed by atoms with E-state index in [1.54, 1.807) is 20.1 Å². The standard InChI is InChI=1S/C12H20O3/c1-6-8-11(13)12(15-5,9-14-4)10(3)7-2/h6,8H,3,7,9H2,1-2,4-5H3/b8-6+. The Kier molecular flexibility index (Phi) is 6.13. The molecule has 0 fully saturated rings. The molecule has 0 rings (SSSR count). The minimum Gasteiger partial charge on any atom is -0.381 e. The number of ketones is 1. The van der Waals surface area contributed by atoms with Crippen molar-refractivity contribution in [3.63, 3.8) is 0 Å². The molecule has 0 amide bonds. The zero-order valence-corrected chi connectivity index (χ0v) is 10.0. The van der Waals surface area contributed by atoms with E-state index in [2.05, 4.69) is 6.58 Å². The van der Waals surface area contributed by atoms with Crippen LogP contribution in [0.5, 0.6) is 0 Å². The third-order valence-corrected chi connectivity index (χ3v) is 2.41. The fourth-order valence-corrected chi connectivity index (χ4v) is 1.43. The molecule has 0 spiro atoms. The molecule has 0 bridgehead atoms. The maximum atomic E-state index is 11.9. The van der Waals surface area contributed by atoms with Crippen molar-refractivity contribution in [3.8, 4) is 0 Å². The van der Waals surface area contributed by atoms with Gasteiger partial charge in [0.15, 0.2) is 11.4 Å². The Labute approximate surface area is 91.8 Å². The van der Waals surface area contributed by atoms with E-state index < -0.39 is 5.60 Å². The number of hydrogen-bond acceptors (Lipinski definition) is 3. The molecule has 0 aliphatic rings. The van der Waals surface area contributed by atoms with Crippen LogP contribution in [-0.4, -0.2) is 32.2 Å². The highest BCUT2D eigenvalue weighted by atomic mass is 16.5. The van der Waals surface area contributed by atoms with E-state index in [1.165, 1.54) is 13.2 Å². The Morgan fingerprint density at radius 2 is 2.07 bits per heavy atom. The molecule has 0 saturated carbocycles. The normalized spacial score (nSPS) is 15.2. The summed E-state index contributed by atoms with van der Waals surface area (Å²) in [5, 5.41) is 0. The molecule has 3 nitrogen and oxygen atoms in total. The predicted molar refractivity (Wildman–Crippen MR) is 60.9 cm³/mol. The van der Waals surface area contributed by atoms with E-state index in [0.29, 0.717) is 6.42 Å². The molecule has 0 saturated heterocycles. The van der Waals surface area contributed by atoms with E-state index in [9.17, 15) is 4.79 Å². The van der Waals surface area contributed by atoms with Gasteiger partial charge < -0.3 is 9.47 Å². The Balaban J connectivity index is 5.13. The van der Waals surface area contributed by atoms with Crippen LogP contribution in [0.3, 0.4) is 0 Å². The molecule has 15 heavy (non-hydrogen) atoms. The molecule has 86 valence electrons. The van der Waals surface area contributed by atoms with E-state index in [0.717, 1.165) is 5.57 Å². The summed E-state index contributed by atoms with van der Waals surface area (Å²) >= 11 is 0. The van der Waals surface area contributed by atoms with Gasteiger partial charge in [0.25, 0.3) is 0 Å². The minimum absolute atomic E-state index is 0.124. The molecule has 0 aromatic rings. The maximum absolute atomic E-state index is 11.9. The van der Waals surface area contributed by atoms with Crippen LogP contribution in [0.15, 0.2) is 24.3 Å².